The molecular formula is C16H30N2O. The molecule has 0 aromatic heterocycles. The molecule has 1 saturated heterocycles. The van der Waals surface area contributed by atoms with Crippen LogP contribution in [-0.2, 0) is 4.79 Å². The van der Waals surface area contributed by atoms with Crippen LogP contribution in [-0.4, -0.2) is 37.0 Å². The lowest BCUT2D eigenvalue weighted by atomic mass is 9.83. The van der Waals surface area contributed by atoms with Crippen LogP contribution in [0.15, 0.2) is 0 Å². The van der Waals surface area contributed by atoms with Crippen molar-refractivity contribution in [1.29, 1.82) is 0 Å². The van der Waals surface area contributed by atoms with Gasteiger partial charge in [-0.3, -0.25) is 4.79 Å². The molecule has 0 aromatic rings. The zero-order valence-corrected chi connectivity index (χ0v) is 12.5. The fraction of sp³-hybridized carbons (Fsp3) is 0.938. The molecule has 2 aliphatic rings. The van der Waals surface area contributed by atoms with E-state index in [1.807, 2.05) is 0 Å². The number of hydrogen-bond donors (Lipinski definition) is 1. The Kier molecular flexibility index (Phi) is 5.68. The highest BCUT2D eigenvalue weighted by Crippen LogP contribution is 2.40. The Morgan fingerprint density at radius 3 is 2.26 bits per heavy atom. The number of carbonyl (C=O) groups excluding carboxylic acids is 1. The van der Waals surface area contributed by atoms with Gasteiger partial charge in [0, 0.05) is 19.6 Å². The summed E-state index contributed by atoms with van der Waals surface area (Å²) in [4.78, 5) is 14.2. The van der Waals surface area contributed by atoms with Crippen molar-refractivity contribution in [1.82, 2.24) is 10.2 Å². The first kappa shape index (κ1) is 14.8. The van der Waals surface area contributed by atoms with E-state index in [1.54, 1.807) is 0 Å². The molecule has 1 aliphatic heterocycles. The average Bonchev–Trinajstić information content (AvgIpc) is 2.73. The predicted molar refractivity (Wildman–Crippen MR) is 79.1 cm³/mol. The van der Waals surface area contributed by atoms with Gasteiger partial charge in [0.2, 0.25) is 5.91 Å². The number of amides is 1. The van der Waals surface area contributed by atoms with Crippen LogP contribution in [0.3, 0.4) is 0 Å². The first-order valence-electron chi connectivity index (χ1n) is 8.24. The fourth-order valence-corrected chi connectivity index (χ4v) is 3.65. The summed E-state index contributed by atoms with van der Waals surface area (Å²) in [6.45, 7) is 5.81. The van der Waals surface area contributed by atoms with Crippen LogP contribution in [0.4, 0.5) is 0 Å². The molecule has 0 bridgehead atoms. The van der Waals surface area contributed by atoms with Crippen molar-refractivity contribution in [2.75, 3.05) is 26.2 Å². The Labute approximate surface area is 118 Å². The monoisotopic (exact) mass is 266 g/mol. The van der Waals surface area contributed by atoms with Crippen LogP contribution in [0, 0.1) is 5.41 Å². The number of likely N-dealkylation sites (tertiary alicyclic amines) is 1. The first-order chi connectivity index (χ1) is 9.26. The Bertz CT molecular complexity index is 276. The molecule has 3 heteroatoms. The summed E-state index contributed by atoms with van der Waals surface area (Å²) in [5, 5.41) is 3.45. The number of hydrogen-bond acceptors (Lipinski definition) is 2. The van der Waals surface area contributed by atoms with E-state index in [0.717, 1.165) is 19.6 Å². The Morgan fingerprint density at radius 1 is 1.05 bits per heavy atom. The summed E-state index contributed by atoms with van der Waals surface area (Å²) in [5.74, 6) is 0.311. The van der Waals surface area contributed by atoms with E-state index in [2.05, 4.69) is 17.1 Å². The van der Waals surface area contributed by atoms with E-state index >= 15 is 0 Å². The average molecular weight is 266 g/mol. The minimum Gasteiger partial charge on any atom is -0.342 e. The van der Waals surface area contributed by atoms with Crippen molar-refractivity contribution in [3.05, 3.63) is 0 Å². The quantitative estimate of drug-likeness (QED) is 0.830. The standard InChI is InChI=1S/C16H30N2O/c1-2-16(9-5-6-10-16)14-17-13-15(19)18-11-7-3-4-8-12-18/h17H,2-14H2,1H3. The molecular weight excluding hydrogens is 236 g/mol. The van der Waals surface area contributed by atoms with Crippen molar-refractivity contribution in [2.45, 2.75) is 64.7 Å². The van der Waals surface area contributed by atoms with Gasteiger partial charge in [0.05, 0.1) is 6.54 Å². The molecule has 0 unspecified atom stereocenters. The summed E-state index contributed by atoms with van der Waals surface area (Å²) in [7, 11) is 0. The molecule has 1 N–H and O–H groups in total. The van der Waals surface area contributed by atoms with Crippen LogP contribution in [0.5, 0.6) is 0 Å². The van der Waals surface area contributed by atoms with E-state index in [0.29, 0.717) is 17.9 Å². The smallest absolute Gasteiger partial charge is 0.236 e. The Hall–Kier alpha value is -0.570. The third-order valence-electron chi connectivity index (χ3n) is 5.15. The van der Waals surface area contributed by atoms with Gasteiger partial charge in [-0.15, -0.1) is 0 Å². The SMILES string of the molecule is CCC1(CNCC(=O)N2CCCCCC2)CCCC1. The number of nitrogens with zero attached hydrogens (tertiary/aromatic N) is 1. The summed E-state index contributed by atoms with van der Waals surface area (Å²) in [6, 6.07) is 0. The van der Waals surface area contributed by atoms with Crippen LogP contribution in [0.2, 0.25) is 0 Å². The second-order valence-electron chi connectivity index (χ2n) is 6.46. The maximum atomic E-state index is 12.2. The highest BCUT2D eigenvalue weighted by molar-refractivity contribution is 5.78. The summed E-state index contributed by atoms with van der Waals surface area (Å²) < 4.78 is 0. The van der Waals surface area contributed by atoms with Gasteiger partial charge in [0.1, 0.15) is 0 Å². The third kappa shape index (κ3) is 4.20. The van der Waals surface area contributed by atoms with Crippen LogP contribution in [0.25, 0.3) is 0 Å². The Morgan fingerprint density at radius 2 is 1.68 bits per heavy atom. The molecule has 2 rings (SSSR count). The maximum Gasteiger partial charge on any atom is 0.236 e. The zero-order valence-electron chi connectivity index (χ0n) is 12.5. The minimum absolute atomic E-state index is 0.311. The zero-order chi connectivity index (χ0) is 13.6. The van der Waals surface area contributed by atoms with Gasteiger partial charge in [-0.05, 0) is 37.5 Å². The molecule has 2 fully saturated rings. The van der Waals surface area contributed by atoms with Gasteiger partial charge in [-0.25, -0.2) is 0 Å². The van der Waals surface area contributed by atoms with E-state index in [-0.39, 0.29) is 0 Å². The molecule has 0 aromatic carbocycles. The third-order valence-corrected chi connectivity index (χ3v) is 5.15. The number of carbonyl (C=O) groups is 1. The summed E-state index contributed by atoms with van der Waals surface area (Å²) in [6.07, 6.45) is 11.6. The predicted octanol–water partition coefficient (Wildman–Crippen LogP) is 2.95. The number of nitrogens with one attached hydrogen (secondary N) is 1. The lowest BCUT2D eigenvalue weighted by molar-refractivity contribution is -0.130. The van der Waals surface area contributed by atoms with E-state index in [1.165, 1.54) is 57.8 Å². The molecule has 19 heavy (non-hydrogen) atoms. The van der Waals surface area contributed by atoms with Crippen LogP contribution < -0.4 is 5.32 Å². The summed E-state index contributed by atoms with van der Waals surface area (Å²) in [5.41, 5.74) is 0.485. The molecule has 1 heterocycles. The molecule has 1 aliphatic carbocycles. The van der Waals surface area contributed by atoms with Gasteiger partial charge in [0.25, 0.3) is 0 Å². The van der Waals surface area contributed by atoms with Crippen molar-refractivity contribution in [2.24, 2.45) is 5.41 Å². The second-order valence-corrected chi connectivity index (χ2v) is 6.46. The molecule has 0 atom stereocenters. The highest BCUT2D eigenvalue weighted by atomic mass is 16.2. The molecule has 3 nitrogen and oxygen atoms in total. The number of rotatable bonds is 5. The molecule has 110 valence electrons. The minimum atomic E-state index is 0.311. The van der Waals surface area contributed by atoms with Gasteiger partial charge in [-0.2, -0.15) is 0 Å². The van der Waals surface area contributed by atoms with Crippen molar-refractivity contribution < 1.29 is 4.79 Å². The first-order valence-corrected chi connectivity index (χ1v) is 8.24. The van der Waals surface area contributed by atoms with Gasteiger partial charge in [-0.1, -0.05) is 32.6 Å². The molecule has 1 amide bonds. The lowest BCUT2D eigenvalue weighted by Crippen LogP contribution is -2.41. The van der Waals surface area contributed by atoms with Crippen LogP contribution in [0.1, 0.15) is 64.7 Å². The lowest BCUT2D eigenvalue weighted by Gasteiger charge is -2.28. The van der Waals surface area contributed by atoms with Crippen LogP contribution >= 0.6 is 0 Å². The summed E-state index contributed by atoms with van der Waals surface area (Å²) >= 11 is 0. The molecule has 0 spiro atoms. The van der Waals surface area contributed by atoms with E-state index in [4.69, 9.17) is 0 Å². The fourth-order valence-electron chi connectivity index (χ4n) is 3.65. The van der Waals surface area contributed by atoms with Gasteiger partial charge in [0.15, 0.2) is 0 Å². The molecule has 0 radical (unpaired) electrons. The molecule has 1 saturated carbocycles. The van der Waals surface area contributed by atoms with E-state index < -0.39 is 0 Å². The normalized spacial score (nSPS) is 23.3. The second kappa shape index (κ2) is 7.28. The highest BCUT2D eigenvalue weighted by Gasteiger charge is 2.31. The largest absolute Gasteiger partial charge is 0.342 e. The topological polar surface area (TPSA) is 32.3 Å². The van der Waals surface area contributed by atoms with Crippen molar-refractivity contribution in [3.63, 3.8) is 0 Å². The van der Waals surface area contributed by atoms with Gasteiger partial charge >= 0.3 is 0 Å². The van der Waals surface area contributed by atoms with Crippen molar-refractivity contribution in [3.8, 4) is 0 Å². The van der Waals surface area contributed by atoms with Gasteiger partial charge < -0.3 is 10.2 Å². The maximum absolute atomic E-state index is 12.2. The van der Waals surface area contributed by atoms with Crippen molar-refractivity contribution >= 4 is 5.91 Å². The van der Waals surface area contributed by atoms with E-state index in [9.17, 15) is 4.79 Å². The Balaban J connectivity index is 1.70.